The number of rotatable bonds is 6. The van der Waals surface area contributed by atoms with Crippen LogP contribution in [-0.2, 0) is 0 Å². The van der Waals surface area contributed by atoms with Gasteiger partial charge in [-0.15, -0.1) is 0 Å². The molecule has 132 valence electrons. The Morgan fingerprint density at radius 1 is 0.923 bits per heavy atom. The third-order valence-corrected chi connectivity index (χ3v) is 4.27. The van der Waals surface area contributed by atoms with Crippen LogP contribution in [0.15, 0.2) is 78.9 Å². The minimum atomic E-state index is -0.286. The first-order valence-electron chi connectivity index (χ1n) is 8.66. The molecule has 0 saturated heterocycles. The third kappa shape index (κ3) is 3.99. The number of carbonyl (C=O) groups is 1. The van der Waals surface area contributed by atoms with Gasteiger partial charge < -0.3 is 5.21 Å². The summed E-state index contributed by atoms with van der Waals surface area (Å²) in [5.74, 6) is 0.120. The van der Waals surface area contributed by atoms with Crippen LogP contribution in [0.5, 0.6) is 0 Å². The lowest BCUT2D eigenvalue weighted by Crippen LogP contribution is -3.06. The summed E-state index contributed by atoms with van der Waals surface area (Å²) in [5, 5.41) is 12.5. The van der Waals surface area contributed by atoms with Crippen LogP contribution in [-0.4, -0.2) is 5.78 Å². The molecule has 0 amide bonds. The highest BCUT2D eigenvalue weighted by Crippen LogP contribution is 2.23. The average molecular weight is 346 g/mol. The van der Waals surface area contributed by atoms with E-state index in [-0.39, 0.29) is 16.9 Å². The quantitative estimate of drug-likeness (QED) is 0.522. The van der Waals surface area contributed by atoms with E-state index in [0.717, 1.165) is 5.56 Å². The molecule has 4 nitrogen and oxygen atoms in total. The molecule has 0 bridgehead atoms. The summed E-state index contributed by atoms with van der Waals surface area (Å²) in [6.45, 7) is 4.13. The SMILES string of the molecule is CC(C)c1ccc([NH+]([O-])Nc2ccccc2)c(C(=O)c2ccccc2)c1. The van der Waals surface area contributed by atoms with Crippen LogP contribution in [0.4, 0.5) is 11.4 Å². The fraction of sp³-hybridized carbons (Fsp3) is 0.136. The molecule has 0 aliphatic carbocycles. The Hall–Kier alpha value is -2.95. The first kappa shape index (κ1) is 17.9. The van der Waals surface area contributed by atoms with Gasteiger partial charge in [-0.1, -0.05) is 68.4 Å². The molecule has 1 unspecified atom stereocenters. The number of ketones is 1. The number of quaternary nitrogens is 1. The highest BCUT2D eigenvalue weighted by Gasteiger charge is 2.20. The Labute approximate surface area is 153 Å². The van der Waals surface area contributed by atoms with Gasteiger partial charge in [-0.3, -0.25) is 4.79 Å². The van der Waals surface area contributed by atoms with Crippen LogP contribution < -0.4 is 10.6 Å². The van der Waals surface area contributed by atoms with E-state index in [1.165, 1.54) is 0 Å². The molecule has 0 heterocycles. The van der Waals surface area contributed by atoms with Crippen LogP contribution in [0.3, 0.4) is 0 Å². The Balaban J connectivity index is 2.00. The molecule has 3 aromatic carbocycles. The summed E-state index contributed by atoms with van der Waals surface area (Å²) in [6, 6.07) is 23.8. The number of hydrogen-bond donors (Lipinski definition) is 2. The van der Waals surface area contributed by atoms with E-state index < -0.39 is 0 Å². The Morgan fingerprint density at radius 3 is 2.15 bits per heavy atom. The monoisotopic (exact) mass is 346 g/mol. The largest absolute Gasteiger partial charge is 0.603 e. The second-order valence-corrected chi connectivity index (χ2v) is 6.48. The maximum Gasteiger partial charge on any atom is 0.199 e. The van der Waals surface area contributed by atoms with Crippen molar-refractivity contribution in [2.24, 2.45) is 0 Å². The Bertz CT molecular complexity index is 877. The minimum absolute atomic E-state index is 0.147. The molecule has 0 fully saturated rings. The van der Waals surface area contributed by atoms with Crippen LogP contribution in [0.25, 0.3) is 0 Å². The first-order chi connectivity index (χ1) is 12.6. The molecule has 0 aromatic heterocycles. The van der Waals surface area contributed by atoms with Gasteiger partial charge in [0, 0.05) is 11.6 Å². The predicted octanol–water partition coefficient (Wildman–Crippen LogP) is 4.08. The lowest BCUT2D eigenvalue weighted by atomic mass is 9.95. The van der Waals surface area contributed by atoms with Crippen LogP contribution in [0.1, 0.15) is 41.3 Å². The van der Waals surface area contributed by atoms with Gasteiger partial charge in [0.1, 0.15) is 0 Å². The van der Waals surface area contributed by atoms with Crippen LogP contribution in [0, 0.1) is 5.21 Å². The van der Waals surface area contributed by atoms with Crippen molar-refractivity contribution in [1.29, 1.82) is 0 Å². The first-order valence-corrected chi connectivity index (χ1v) is 8.66. The Kier molecular flexibility index (Phi) is 5.46. The molecule has 3 rings (SSSR count). The van der Waals surface area contributed by atoms with E-state index >= 15 is 0 Å². The van der Waals surface area contributed by atoms with E-state index in [9.17, 15) is 10.0 Å². The molecule has 3 aromatic rings. The molecule has 0 spiro atoms. The molecule has 2 N–H and O–H groups in total. The fourth-order valence-corrected chi connectivity index (χ4v) is 2.77. The zero-order chi connectivity index (χ0) is 18.5. The van der Waals surface area contributed by atoms with Gasteiger partial charge in [0.05, 0.1) is 11.3 Å². The number of carbonyl (C=O) groups excluding carboxylic acids is 1. The van der Waals surface area contributed by atoms with Crippen molar-refractivity contribution >= 4 is 17.2 Å². The molecule has 1 atom stereocenters. The summed E-state index contributed by atoms with van der Waals surface area (Å²) in [7, 11) is 0. The number of nitrogens with one attached hydrogen (secondary N) is 2. The number of hydrogen-bond acceptors (Lipinski definition) is 3. The van der Waals surface area contributed by atoms with E-state index in [0.29, 0.717) is 22.5 Å². The molecule has 26 heavy (non-hydrogen) atoms. The molecular weight excluding hydrogens is 324 g/mol. The predicted molar refractivity (Wildman–Crippen MR) is 104 cm³/mol. The van der Waals surface area contributed by atoms with Crippen molar-refractivity contribution in [2.75, 3.05) is 5.43 Å². The zero-order valence-corrected chi connectivity index (χ0v) is 14.9. The zero-order valence-electron chi connectivity index (χ0n) is 14.9. The molecule has 4 heteroatoms. The van der Waals surface area contributed by atoms with Crippen molar-refractivity contribution in [3.63, 3.8) is 0 Å². The van der Waals surface area contributed by atoms with Crippen LogP contribution in [0.2, 0.25) is 0 Å². The summed E-state index contributed by atoms with van der Waals surface area (Å²) in [5.41, 5.74) is 5.97. The van der Waals surface area contributed by atoms with Crippen LogP contribution >= 0.6 is 0 Å². The molecular formula is C22H22N2O2. The van der Waals surface area contributed by atoms with E-state index in [1.54, 1.807) is 18.2 Å². The third-order valence-electron chi connectivity index (χ3n) is 4.27. The fourth-order valence-electron chi connectivity index (χ4n) is 2.77. The summed E-state index contributed by atoms with van der Waals surface area (Å²) in [6.07, 6.45) is 0. The molecule has 0 saturated carbocycles. The number of benzene rings is 3. The van der Waals surface area contributed by atoms with Gasteiger partial charge in [0.25, 0.3) is 0 Å². The van der Waals surface area contributed by atoms with Gasteiger partial charge in [-0.25, -0.2) is 10.6 Å². The summed E-state index contributed by atoms with van der Waals surface area (Å²) in [4.78, 5) is 13.0. The maximum absolute atomic E-state index is 13.0. The van der Waals surface area contributed by atoms with Crippen molar-refractivity contribution in [3.8, 4) is 0 Å². The van der Waals surface area contributed by atoms with Gasteiger partial charge >= 0.3 is 0 Å². The normalized spacial score (nSPS) is 12.0. The van der Waals surface area contributed by atoms with Gasteiger partial charge in [0.2, 0.25) is 0 Å². The molecule has 0 aliphatic rings. The number of anilines is 1. The van der Waals surface area contributed by atoms with E-state index in [4.69, 9.17) is 0 Å². The minimum Gasteiger partial charge on any atom is -0.603 e. The molecule has 0 aliphatic heterocycles. The highest BCUT2D eigenvalue weighted by molar-refractivity contribution is 6.11. The maximum atomic E-state index is 13.0. The second kappa shape index (κ2) is 7.95. The van der Waals surface area contributed by atoms with Crippen molar-refractivity contribution < 1.29 is 9.97 Å². The topological polar surface area (TPSA) is 56.6 Å². The lowest BCUT2D eigenvalue weighted by Gasteiger charge is -2.25. The lowest BCUT2D eigenvalue weighted by molar-refractivity contribution is -0.749. The standard InChI is InChI=1S/C22H22N2O2/c1-16(2)18-13-14-21(24(26)23-19-11-7-4-8-12-19)20(15-18)22(25)17-9-5-3-6-10-17/h3-16,23-24H,1-2H3. The number of para-hydroxylation sites is 1. The highest BCUT2D eigenvalue weighted by atomic mass is 16.5. The van der Waals surface area contributed by atoms with Crippen molar-refractivity contribution in [3.05, 3.63) is 101 Å². The average Bonchev–Trinajstić information content (AvgIpc) is 2.68. The van der Waals surface area contributed by atoms with Crippen molar-refractivity contribution in [1.82, 2.24) is 0 Å². The summed E-state index contributed by atoms with van der Waals surface area (Å²) < 4.78 is 0. The van der Waals surface area contributed by atoms with E-state index in [2.05, 4.69) is 19.3 Å². The van der Waals surface area contributed by atoms with Gasteiger partial charge in [-0.05, 0) is 29.7 Å². The van der Waals surface area contributed by atoms with Crippen molar-refractivity contribution in [2.45, 2.75) is 19.8 Å². The summed E-state index contributed by atoms with van der Waals surface area (Å²) >= 11 is 0. The van der Waals surface area contributed by atoms with Gasteiger partial charge in [-0.2, -0.15) is 0 Å². The molecule has 0 radical (unpaired) electrons. The second-order valence-electron chi connectivity index (χ2n) is 6.48. The smallest absolute Gasteiger partial charge is 0.199 e. The Morgan fingerprint density at radius 2 is 1.54 bits per heavy atom. The van der Waals surface area contributed by atoms with Gasteiger partial charge in [0.15, 0.2) is 11.5 Å². The van der Waals surface area contributed by atoms with E-state index in [1.807, 2.05) is 60.7 Å².